The van der Waals surface area contributed by atoms with Crippen molar-refractivity contribution in [2.24, 2.45) is 0 Å². The average Bonchev–Trinajstić information content (AvgIpc) is 3.12. The first-order chi connectivity index (χ1) is 11.6. The number of amides is 2. The van der Waals surface area contributed by atoms with Gasteiger partial charge in [0.1, 0.15) is 0 Å². The van der Waals surface area contributed by atoms with Gasteiger partial charge < -0.3 is 10.6 Å². The molecule has 1 atom stereocenters. The maximum atomic E-state index is 12.5. The van der Waals surface area contributed by atoms with Gasteiger partial charge in [-0.15, -0.1) is 11.8 Å². The number of anilines is 1. The zero-order valence-corrected chi connectivity index (χ0v) is 15.0. The lowest BCUT2D eigenvalue weighted by Crippen LogP contribution is -2.38. The number of carbonyl (C=O) groups is 2. The SMILES string of the molecule is O=C(NC1CCCCC1)c1cc(NC(=O)C2CSCN2)ccc1Cl. The van der Waals surface area contributed by atoms with Crippen molar-refractivity contribution in [3.8, 4) is 0 Å². The maximum absolute atomic E-state index is 12.5. The van der Waals surface area contributed by atoms with Gasteiger partial charge in [0, 0.05) is 23.4 Å². The van der Waals surface area contributed by atoms with E-state index >= 15 is 0 Å². The number of rotatable bonds is 4. The quantitative estimate of drug-likeness (QED) is 0.765. The molecule has 2 fully saturated rings. The zero-order valence-electron chi connectivity index (χ0n) is 13.4. The van der Waals surface area contributed by atoms with Crippen LogP contribution in [0.4, 0.5) is 5.69 Å². The van der Waals surface area contributed by atoms with Gasteiger partial charge in [0.25, 0.3) is 5.91 Å². The van der Waals surface area contributed by atoms with E-state index in [-0.39, 0.29) is 23.9 Å². The Kier molecular flexibility index (Phi) is 6.03. The molecule has 0 spiro atoms. The molecule has 1 aliphatic carbocycles. The van der Waals surface area contributed by atoms with E-state index in [1.165, 1.54) is 6.42 Å². The first-order valence-corrected chi connectivity index (χ1v) is 9.89. The average molecular weight is 368 g/mol. The molecule has 1 aliphatic heterocycles. The first kappa shape index (κ1) is 17.6. The number of carbonyl (C=O) groups excluding carboxylic acids is 2. The van der Waals surface area contributed by atoms with Crippen LogP contribution in [0.1, 0.15) is 42.5 Å². The van der Waals surface area contributed by atoms with Crippen LogP contribution in [-0.2, 0) is 4.79 Å². The van der Waals surface area contributed by atoms with E-state index in [0.29, 0.717) is 16.3 Å². The summed E-state index contributed by atoms with van der Waals surface area (Å²) >= 11 is 7.88. The van der Waals surface area contributed by atoms with Crippen molar-refractivity contribution < 1.29 is 9.59 Å². The third-order valence-electron chi connectivity index (χ3n) is 4.45. The van der Waals surface area contributed by atoms with Gasteiger partial charge in [-0.25, -0.2) is 0 Å². The highest BCUT2D eigenvalue weighted by Gasteiger charge is 2.23. The second-order valence-electron chi connectivity index (χ2n) is 6.26. The summed E-state index contributed by atoms with van der Waals surface area (Å²) in [6, 6.07) is 5.06. The molecule has 0 aromatic heterocycles. The number of hydrogen-bond acceptors (Lipinski definition) is 4. The van der Waals surface area contributed by atoms with Crippen molar-refractivity contribution in [1.82, 2.24) is 10.6 Å². The van der Waals surface area contributed by atoms with Crippen LogP contribution in [0, 0.1) is 0 Å². The van der Waals surface area contributed by atoms with E-state index in [1.54, 1.807) is 30.0 Å². The van der Waals surface area contributed by atoms with Crippen LogP contribution in [0.5, 0.6) is 0 Å². The molecule has 1 unspecified atom stereocenters. The summed E-state index contributed by atoms with van der Waals surface area (Å²) in [7, 11) is 0. The third-order valence-corrected chi connectivity index (χ3v) is 5.72. The minimum Gasteiger partial charge on any atom is -0.349 e. The Bertz CT molecular complexity index is 614. The molecular weight excluding hydrogens is 346 g/mol. The summed E-state index contributed by atoms with van der Waals surface area (Å²) in [5, 5.41) is 9.44. The number of hydrogen-bond donors (Lipinski definition) is 3. The Morgan fingerprint density at radius 1 is 1.21 bits per heavy atom. The van der Waals surface area contributed by atoms with E-state index in [1.807, 2.05) is 0 Å². The fourth-order valence-corrected chi connectivity index (χ4v) is 4.23. The van der Waals surface area contributed by atoms with E-state index < -0.39 is 0 Å². The molecule has 2 aliphatic rings. The first-order valence-electron chi connectivity index (χ1n) is 8.36. The van der Waals surface area contributed by atoms with Crippen LogP contribution < -0.4 is 16.0 Å². The van der Waals surface area contributed by atoms with Gasteiger partial charge in [0.05, 0.1) is 16.6 Å². The van der Waals surface area contributed by atoms with E-state index in [2.05, 4.69) is 16.0 Å². The van der Waals surface area contributed by atoms with Crippen LogP contribution in [0.2, 0.25) is 5.02 Å². The van der Waals surface area contributed by atoms with Gasteiger partial charge >= 0.3 is 0 Å². The van der Waals surface area contributed by atoms with Crippen LogP contribution >= 0.6 is 23.4 Å². The van der Waals surface area contributed by atoms with Gasteiger partial charge in [-0.3, -0.25) is 14.9 Å². The molecule has 7 heteroatoms. The van der Waals surface area contributed by atoms with Crippen LogP contribution in [0.3, 0.4) is 0 Å². The van der Waals surface area contributed by atoms with E-state index in [4.69, 9.17) is 11.6 Å². The molecule has 0 radical (unpaired) electrons. The number of nitrogens with one attached hydrogen (secondary N) is 3. The summed E-state index contributed by atoms with van der Waals surface area (Å²) < 4.78 is 0. The topological polar surface area (TPSA) is 70.2 Å². The molecule has 1 heterocycles. The number of benzene rings is 1. The molecule has 3 rings (SSSR count). The molecule has 3 N–H and O–H groups in total. The molecule has 5 nitrogen and oxygen atoms in total. The Labute approximate surface area is 151 Å². The fourth-order valence-electron chi connectivity index (χ4n) is 3.08. The van der Waals surface area contributed by atoms with Gasteiger partial charge in [-0.2, -0.15) is 0 Å². The second kappa shape index (κ2) is 8.23. The van der Waals surface area contributed by atoms with Crippen molar-refractivity contribution >= 4 is 40.9 Å². The normalized spacial score (nSPS) is 21.5. The lowest BCUT2D eigenvalue weighted by Gasteiger charge is -2.23. The molecule has 1 saturated heterocycles. The molecule has 2 amide bonds. The highest BCUT2D eigenvalue weighted by atomic mass is 35.5. The van der Waals surface area contributed by atoms with Gasteiger partial charge in [-0.05, 0) is 31.0 Å². The van der Waals surface area contributed by atoms with E-state index in [9.17, 15) is 9.59 Å². The third kappa shape index (κ3) is 4.43. The Hall–Kier alpha value is -1.24. The molecule has 0 bridgehead atoms. The van der Waals surface area contributed by atoms with Crippen molar-refractivity contribution in [2.45, 2.75) is 44.2 Å². The van der Waals surface area contributed by atoms with Crippen molar-refractivity contribution in [1.29, 1.82) is 0 Å². The number of halogens is 1. The summed E-state index contributed by atoms with van der Waals surface area (Å²) in [5.41, 5.74) is 1.01. The summed E-state index contributed by atoms with van der Waals surface area (Å²) in [4.78, 5) is 24.7. The molecule has 1 aromatic rings. The largest absolute Gasteiger partial charge is 0.349 e. The van der Waals surface area contributed by atoms with Crippen molar-refractivity contribution in [3.05, 3.63) is 28.8 Å². The van der Waals surface area contributed by atoms with Crippen LogP contribution in [-0.4, -0.2) is 35.5 Å². The van der Waals surface area contributed by atoms with Gasteiger partial charge in [0.15, 0.2) is 0 Å². The number of thioether (sulfide) groups is 1. The molecule has 130 valence electrons. The predicted molar refractivity (Wildman–Crippen MR) is 98.7 cm³/mol. The van der Waals surface area contributed by atoms with Crippen LogP contribution in [0.15, 0.2) is 18.2 Å². The smallest absolute Gasteiger partial charge is 0.253 e. The van der Waals surface area contributed by atoms with Crippen molar-refractivity contribution in [3.63, 3.8) is 0 Å². The predicted octanol–water partition coefficient (Wildman–Crippen LogP) is 3.00. The van der Waals surface area contributed by atoms with Crippen molar-refractivity contribution in [2.75, 3.05) is 16.9 Å². The zero-order chi connectivity index (χ0) is 16.9. The van der Waals surface area contributed by atoms with E-state index in [0.717, 1.165) is 37.3 Å². The summed E-state index contributed by atoms with van der Waals surface area (Å²) in [6.07, 6.45) is 5.58. The highest BCUT2D eigenvalue weighted by Crippen LogP contribution is 2.23. The summed E-state index contributed by atoms with van der Waals surface area (Å²) in [5.74, 6) is 1.29. The summed E-state index contributed by atoms with van der Waals surface area (Å²) in [6.45, 7) is 0. The minimum absolute atomic E-state index is 0.0824. The standard InChI is InChI=1S/C17H22ClN3O2S/c18-14-7-6-12(21-17(23)15-9-24-10-19-15)8-13(14)16(22)20-11-4-2-1-3-5-11/h6-8,11,15,19H,1-5,9-10H2,(H,20,22)(H,21,23). The Morgan fingerprint density at radius 2 is 2.00 bits per heavy atom. The van der Waals surface area contributed by atoms with Gasteiger partial charge in [-0.1, -0.05) is 30.9 Å². The molecular formula is C17H22ClN3O2S. The second-order valence-corrected chi connectivity index (χ2v) is 7.70. The fraction of sp³-hybridized carbons (Fsp3) is 0.529. The Balaban J connectivity index is 1.66. The Morgan fingerprint density at radius 3 is 2.71 bits per heavy atom. The molecule has 1 saturated carbocycles. The molecule has 24 heavy (non-hydrogen) atoms. The van der Waals surface area contributed by atoms with Gasteiger partial charge in [0.2, 0.25) is 5.91 Å². The monoisotopic (exact) mass is 367 g/mol. The lowest BCUT2D eigenvalue weighted by molar-refractivity contribution is -0.117. The van der Waals surface area contributed by atoms with Crippen LogP contribution in [0.25, 0.3) is 0 Å². The highest BCUT2D eigenvalue weighted by molar-refractivity contribution is 7.99. The lowest BCUT2D eigenvalue weighted by atomic mass is 9.95. The maximum Gasteiger partial charge on any atom is 0.253 e. The molecule has 1 aromatic carbocycles. The minimum atomic E-state index is -0.190.